The highest BCUT2D eigenvalue weighted by molar-refractivity contribution is 5.91. The van der Waals surface area contributed by atoms with Crippen molar-refractivity contribution in [2.75, 3.05) is 26.2 Å². The number of aromatic nitrogens is 1. The van der Waals surface area contributed by atoms with Gasteiger partial charge in [-0.2, -0.15) is 0 Å². The van der Waals surface area contributed by atoms with Gasteiger partial charge in [0.25, 0.3) is 5.91 Å². The molecule has 0 bridgehead atoms. The third-order valence-electron chi connectivity index (χ3n) is 4.71. The van der Waals surface area contributed by atoms with E-state index in [4.69, 9.17) is 13.7 Å². The van der Waals surface area contributed by atoms with Crippen molar-refractivity contribution >= 4 is 11.8 Å². The number of nitrogens with zero attached hydrogens (tertiary/aromatic N) is 2. The van der Waals surface area contributed by atoms with Crippen molar-refractivity contribution in [2.45, 2.75) is 40.2 Å². The lowest BCUT2D eigenvalue weighted by Crippen LogP contribution is -2.51. The number of morpholine rings is 1. The number of carbonyl (C=O) groups excluding carboxylic acids is 2. The number of hydrogen-bond acceptors (Lipinski definition) is 6. The van der Waals surface area contributed by atoms with Gasteiger partial charge >= 0.3 is 0 Å². The van der Waals surface area contributed by atoms with Crippen LogP contribution < -0.4 is 5.32 Å². The van der Waals surface area contributed by atoms with Crippen molar-refractivity contribution in [1.82, 2.24) is 15.4 Å². The van der Waals surface area contributed by atoms with E-state index in [0.717, 1.165) is 17.0 Å². The topological polar surface area (TPSA) is 97.8 Å². The van der Waals surface area contributed by atoms with E-state index in [1.54, 1.807) is 17.0 Å². The summed E-state index contributed by atoms with van der Waals surface area (Å²) in [5, 5.41) is 6.75. The fourth-order valence-electron chi connectivity index (χ4n) is 3.24. The molecule has 3 rings (SSSR count). The van der Waals surface area contributed by atoms with Gasteiger partial charge in [0, 0.05) is 31.6 Å². The van der Waals surface area contributed by atoms with Gasteiger partial charge in [-0.05, 0) is 31.9 Å². The Kier molecular flexibility index (Phi) is 6.18. The van der Waals surface area contributed by atoms with Crippen LogP contribution in [0, 0.1) is 19.8 Å². The zero-order valence-electron chi connectivity index (χ0n) is 16.8. The van der Waals surface area contributed by atoms with Crippen molar-refractivity contribution < 1.29 is 23.3 Å². The largest absolute Gasteiger partial charge is 0.456 e. The average molecular weight is 389 g/mol. The Morgan fingerprint density at radius 3 is 2.82 bits per heavy atom. The monoisotopic (exact) mass is 389 g/mol. The molecular weight excluding hydrogens is 362 g/mol. The zero-order valence-corrected chi connectivity index (χ0v) is 16.8. The van der Waals surface area contributed by atoms with Gasteiger partial charge in [0.05, 0.1) is 11.8 Å². The summed E-state index contributed by atoms with van der Waals surface area (Å²) in [6.45, 7) is 9.40. The Morgan fingerprint density at radius 1 is 1.36 bits per heavy atom. The summed E-state index contributed by atoms with van der Waals surface area (Å²) in [4.78, 5) is 26.1. The molecular formula is C20H27N3O5. The molecule has 1 N–H and O–H groups in total. The van der Waals surface area contributed by atoms with Crippen LogP contribution in [0.25, 0.3) is 0 Å². The molecule has 0 aliphatic carbocycles. The normalized spacial score (nSPS) is 17.4. The molecule has 0 saturated carbocycles. The van der Waals surface area contributed by atoms with E-state index >= 15 is 0 Å². The van der Waals surface area contributed by atoms with Gasteiger partial charge in [0.2, 0.25) is 5.91 Å². The minimum absolute atomic E-state index is 0.00808. The lowest BCUT2D eigenvalue weighted by atomic mass is 10.1. The molecule has 8 heteroatoms. The number of aryl methyl sites for hydroxylation is 2. The van der Waals surface area contributed by atoms with E-state index in [2.05, 4.69) is 24.3 Å². The second-order valence-corrected chi connectivity index (χ2v) is 7.58. The minimum atomic E-state index is -0.305. The molecule has 1 aliphatic rings. The van der Waals surface area contributed by atoms with E-state index in [-0.39, 0.29) is 30.3 Å². The predicted molar refractivity (Wildman–Crippen MR) is 101 cm³/mol. The van der Waals surface area contributed by atoms with Gasteiger partial charge in [0.1, 0.15) is 18.1 Å². The van der Waals surface area contributed by atoms with Gasteiger partial charge < -0.3 is 23.9 Å². The van der Waals surface area contributed by atoms with Gasteiger partial charge in [-0.15, -0.1) is 0 Å². The van der Waals surface area contributed by atoms with Crippen molar-refractivity contribution in [3.05, 3.63) is 40.7 Å². The summed E-state index contributed by atoms with van der Waals surface area (Å²) in [5.41, 5.74) is 1.78. The minimum Gasteiger partial charge on any atom is -0.456 e. The number of ether oxygens (including phenoxy) is 1. The smallest absolute Gasteiger partial charge is 0.287 e. The average Bonchev–Trinajstić information content (AvgIpc) is 3.24. The molecule has 2 aromatic rings. The highest BCUT2D eigenvalue weighted by Crippen LogP contribution is 2.19. The fourth-order valence-corrected chi connectivity index (χ4v) is 3.24. The summed E-state index contributed by atoms with van der Waals surface area (Å²) in [7, 11) is 0. The fraction of sp³-hybridized carbons (Fsp3) is 0.550. The van der Waals surface area contributed by atoms with E-state index in [1.165, 1.54) is 0 Å². The molecule has 1 atom stereocenters. The van der Waals surface area contributed by atoms with Crippen molar-refractivity contribution in [3.63, 3.8) is 0 Å². The highest BCUT2D eigenvalue weighted by atomic mass is 16.5. The number of furan rings is 1. The molecule has 0 aromatic carbocycles. The Labute approximate surface area is 164 Å². The van der Waals surface area contributed by atoms with Gasteiger partial charge in [-0.25, -0.2) is 0 Å². The predicted octanol–water partition coefficient (Wildman–Crippen LogP) is 2.09. The van der Waals surface area contributed by atoms with Crippen LogP contribution >= 0.6 is 0 Å². The summed E-state index contributed by atoms with van der Waals surface area (Å²) in [6.07, 6.45) is 0.295. The molecule has 0 spiro atoms. The molecule has 1 aliphatic heterocycles. The Morgan fingerprint density at radius 2 is 2.14 bits per heavy atom. The zero-order chi connectivity index (χ0) is 20.3. The molecule has 1 fully saturated rings. The van der Waals surface area contributed by atoms with Crippen molar-refractivity contribution in [1.29, 1.82) is 0 Å². The van der Waals surface area contributed by atoms with Crippen LogP contribution in [0.3, 0.4) is 0 Å². The first kappa shape index (κ1) is 20.1. The standard InChI is InChI=1S/C20H27N3O5/c1-12(2)9-23-10-16(26-11-19(23)24)8-21-20(25)18-6-5-15(27-18)7-17-13(3)22-28-14(17)4/h5-6,12,16H,7-11H2,1-4H3,(H,21,25). The molecule has 8 nitrogen and oxygen atoms in total. The van der Waals surface area contributed by atoms with Gasteiger partial charge in [0.15, 0.2) is 5.76 Å². The van der Waals surface area contributed by atoms with Crippen LogP contribution in [0.4, 0.5) is 0 Å². The first-order valence-electron chi connectivity index (χ1n) is 9.51. The van der Waals surface area contributed by atoms with Gasteiger partial charge in [-0.1, -0.05) is 19.0 Å². The van der Waals surface area contributed by atoms with E-state index in [9.17, 15) is 9.59 Å². The van der Waals surface area contributed by atoms with Crippen molar-refractivity contribution in [3.8, 4) is 0 Å². The van der Waals surface area contributed by atoms with Crippen LogP contribution in [0.5, 0.6) is 0 Å². The first-order chi connectivity index (χ1) is 13.3. The van der Waals surface area contributed by atoms with Crippen molar-refractivity contribution in [2.24, 2.45) is 5.92 Å². The SMILES string of the molecule is Cc1noc(C)c1Cc1ccc(C(=O)NCC2CN(CC(C)C)C(=O)CO2)o1. The number of hydrogen-bond donors (Lipinski definition) is 1. The maximum absolute atomic E-state index is 12.4. The summed E-state index contributed by atoms with van der Waals surface area (Å²) >= 11 is 0. The number of carbonyl (C=O) groups is 2. The quantitative estimate of drug-likeness (QED) is 0.779. The summed E-state index contributed by atoms with van der Waals surface area (Å²) < 4.78 is 16.4. The Bertz CT molecular complexity index is 819. The van der Waals surface area contributed by atoms with Crippen LogP contribution in [0.2, 0.25) is 0 Å². The lowest BCUT2D eigenvalue weighted by molar-refractivity contribution is -0.149. The lowest BCUT2D eigenvalue weighted by Gasteiger charge is -2.33. The molecule has 152 valence electrons. The third kappa shape index (κ3) is 4.81. The van der Waals surface area contributed by atoms with E-state index in [0.29, 0.717) is 37.7 Å². The van der Waals surface area contributed by atoms with Crippen LogP contribution in [0.15, 0.2) is 21.1 Å². The molecule has 2 aromatic heterocycles. The second kappa shape index (κ2) is 8.60. The number of rotatable bonds is 7. The van der Waals surface area contributed by atoms with E-state index in [1.807, 2.05) is 13.8 Å². The summed E-state index contributed by atoms with van der Waals surface area (Å²) in [5.74, 6) is 1.73. The Hall–Kier alpha value is -2.61. The maximum Gasteiger partial charge on any atom is 0.287 e. The van der Waals surface area contributed by atoms with Gasteiger partial charge in [-0.3, -0.25) is 9.59 Å². The Balaban J connectivity index is 1.53. The highest BCUT2D eigenvalue weighted by Gasteiger charge is 2.27. The van der Waals surface area contributed by atoms with E-state index < -0.39 is 0 Å². The molecule has 1 unspecified atom stereocenters. The second-order valence-electron chi connectivity index (χ2n) is 7.58. The number of nitrogens with one attached hydrogen (secondary N) is 1. The van der Waals surface area contributed by atoms with Crippen LogP contribution in [0.1, 0.15) is 47.2 Å². The maximum atomic E-state index is 12.4. The molecule has 0 radical (unpaired) electrons. The molecule has 1 saturated heterocycles. The third-order valence-corrected chi connectivity index (χ3v) is 4.71. The molecule has 2 amide bonds. The first-order valence-corrected chi connectivity index (χ1v) is 9.51. The molecule has 28 heavy (non-hydrogen) atoms. The van der Waals surface area contributed by atoms with Crippen LogP contribution in [-0.4, -0.2) is 54.2 Å². The summed E-state index contributed by atoms with van der Waals surface area (Å²) in [6, 6.07) is 3.43. The van der Waals surface area contributed by atoms with Crippen LogP contribution in [-0.2, 0) is 16.0 Å². The number of amides is 2. The molecule has 3 heterocycles.